The lowest BCUT2D eigenvalue weighted by Gasteiger charge is -2.09. The molecule has 0 aliphatic heterocycles. The Morgan fingerprint density at radius 2 is 2.04 bits per heavy atom. The second-order valence-electron chi connectivity index (χ2n) is 5.18. The molecule has 27 heavy (non-hydrogen) atoms. The van der Waals surface area contributed by atoms with Crippen LogP contribution >= 0.6 is 11.6 Å². The zero-order chi connectivity index (χ0) is 19.8. The van der Waals surface area contributed by atoms with Crippen LogP contribution in [0.15, 0.2) is 47.6 Å². The molecule has 0 atom stereocenters. The molecule has 0 spiro atoms. The van der Waals surface area contributed by atoms with Crippen molar-refractivity contribution in [2.75, 3.05) is 7.11 Å². The van der Waals surface area contributed by atoms with Gasteiger partial charge < -0.3 is 14.4 Å². The van der Waals surface area contributed by atoms with Crippen molar-refractivity contribution in [2.24, 2.45) is 5.16 Å². The molecule has 1 N–H and O–H groups in total. The van der Waals surface area contributed by atoms with E-state index in [0.717, 1.165) is 0 Å². The van der Waals surface area contributed by atoms with E-state index in [1.54, 1.807) is 43.3 Å². The molecule has 2 aromatic carbocycles. The molecule has 0 saturated heterocycles. The maximum Gasteiger partial charge on any atom is 0.440 e. The van der Waals surface area contributed by atoms with Crippen molar-refractivity contribution < 1.29 is 24.1 Å². The van der Waals surface area contributed by atoms with Gasteiger partial charge in [-0.2, -0.15) is 5.48 Å². The van der Waals surface area contributed by atoms with E-state index >= 15 is 0 Å². The van der Waals surface area contributed by atoms with Crippen LogP contribution in [-0.2, 0) is 16.2 Å². The molecule has 1 amide bonds. The summed E-state index contributed by atoms with van der Waals surface area (Å²) in [6, 6.07) is 11.0. The third-order valence-corrected chi connectivity index (χ3v) is 3.70. The quantitative estimate of drug-likeness (QED) is 0.434. The molecule has 2 rings (SSSR count). The molecule has 0 radical (unpaired) electrons. The Bertz CT molecular complexity index is 871. The van der Waals surface area contributed by atoms with Crippen molar-refractivity contribution in [1.82, 2.24) is 5.48 Å². The van der Waals surface area contributed by atoms with Crippen molar-refractivity contribution in [3.8, 4) is 5.75 Å². The number of halogens is 1. The highest BCUT2D eigenvalue weighted by molar-refractivity contribution is 6.32. The van der Waals surface area contributed by atoms with Crippen molar-refractivity contribution >= 4 is 29.1 Å². The number of rotatable bonds is 7. The van der Waals surface area contributed by atoms with Crippen molar-refractivity contribution in [3.05, 3.63) is 68.7 Å². The van der Waals surface area contributed by atoms with Crippen LogP contribution in [0.2, 0.25) is 5.02 Å². The minimum absolute atomic E-state index is 0.0404. The molecule has 0 fully saturated rings. The number of hydroxylamine groups is 1. The largest absolute Gasteiger partial charge is 0.451 e. The van der Waals surface area contributed by atoms with Crippen LogP contribution < -0.4 is 10.3 Å². The molecule has 0 aliphatic rings. The van der Waals surface area contributed by atoms with Gasteiger partial charge in [0.15, 0.2) is 5.75 Å². The van der Waals surface area contributed by atoms with E-state index in [4.69, 9.17) is 21.3 Å². The van der Waals surface area contributed by atoms with Crippen molar-refractivity contribution in [2.45, 2.75) is 13.5 Å². The zero-order valence-electron chi connectivity index (χ0n) is 14.5. The summed E-state index contributed by atoms with van der Waals surface area (Å²) in [5.74, 6) is 0.188. The van der Waals surface area contributed by atoms with E-state index in [-0.39, 0.29) is 23.1 Å². The van der Waals surface area contributed by atoms with Gasteiger partial charge in [-0.1, -0.05) is 35.0 Å². The lowest BCUT2D eigenvalue weighted by atomic mass is 10.1. The minimum atomic E-state index is -0.783. The number of para-hydroxylation sites is 1. The maximum absolute atomic E-state index is 11.1. The molecular formula is C17H16ClN3O6. The average molecular weight is 394 g/mol. The predicted octanol–water partition coefficient (Wildman–Crippen LogP) is 3.84. The molecule has 0 aliphatic carbocycles. The Morgan fingerprint density at radius 3 is 2.74 bits per heavy atom. The number of ether oxygens (including phenoxy) is 1. The topological polar surface area (TPSA) is 112 Å². The minimum Gasteiger partial charge on any atom is -0.451 e. The summed E-state index contributed by atoms with van der Waals surface area (Å²) in [6.07, 6.45) is -0.783. The number of nitrogens with zero attached hydrogens (tertiary/aromatic N) is 2. The Kier molecular flexibility index (Phi) is 6.95. The summed E-state index contributed by atoms with van der Waals surface area (Å²) >= 11 is 6.01. The first-order chi connectivity index (χ1) is 12.9. The molecule has 0 bridgehead atoms. The van der Waals surface area contributed by atoms with Crippen LogP contribution in [0.5, 0.6) is 5.75 Å². The van der Waals surface area contributed by atoms with E-state index in [2.05, 4.69) is 15.4 Å². The third-order valence-electron chi connectivity index (χ3n) is 3.39. The number of oxime groups is 1. The smallest absolute Gasteiger partial charge is 0.440 e. The monoisotopic (exact) mass is 393 g/mol. The fourth-order valence-electron chi connectivity index (χ4n) is 2.01. The van der Waals surface area contributed by atoms with Gasteiger partial charge in [-0.05, 0) is 25.1 Å². The van der Waals surface area contributed by atoms with Crippen LogP contribution in [0, 0.1) is 10.1 Å². The van der Waals surface area contributed by atoms with Crippen molar-refractivity contribution in [3.63, 3.8) is 0 Å². The molecule has 0 unspecified atom stereocenters. The summed E-state index contributed by atoms with van der Waals surface area (Å²) in [4.78, 5) is 31.9. The summed E-state index contributed by atoms with van der Waals surface area (Å²) in [5, 5.41) is 15.2. The molecule has 0 aromatic heterocycles. The number of hydrogen-bond donors (Lipinski definition) is 1. The first-order valence-electron chi connectivity index (χ1n) is 7.62. The Labute approximate surface area is 159 Å². The highest BCUT2D eigenvalue weighted by atomic mass is 35.5. The highest BCUT2D eigenvalue weighted by Crippen LogP contribution is 2.25. The third kappa shape index (κ3) is 5.58. The van der Waals surface area contributed by atoms with Crippen molar-refractivity contribution in [1.29, 1.82) is 0 Å². The highest BCUT2D eigenvalue weighted by Gasteiger charge is 2.13. The SMILES string of the molecule is COC(=O)NOc1cc(/C(C)=N/OCc2ccccc2[N+](=O)[O-])ccc1Cl. The predicted molar refractivity (Wildman–Crippen MR) is 97.7 cm³/mol. The van der Waals surface area contributed by atoms with Gasteiger partial charge in [0.1, 0.15) is 6.61 Å². The van der Waals surface area contributed by atoms with Gasteiger partial charge in [-0.25, -0.2) is 4.79 Å². The molecule has 9 nitrogen and oxygen atoms in total. The number of nitro groups is 1. The van der Waals surface area contributed by atoms with Gasteiger partial charge in [0.2, 0.25) is 0 Å². The Hall–Kier alpha value is -3.33. The standard InChI is InChI=1S/C17H16ClN3O6/c1-11(19-26-10-13-5-3-4-6-15(13)21(23)24)12-7-8-14(18)16(9-12)27-20-17(22)25-2/h3-9H,10H2,1-2H3,(H,20,22)/b19-11+. The van der Waals surface area contributed by atoms with E-state index in [0.29, 0.717) is 16.8 Å². The van der Waals surface area contributed by atoms with E-state index in [9.17, 15) is 14.9 Å². The Morgan fingerprint density at radius 1 is 1.30 bits per heavy atom. The lowest BCUT2D eigenvalue weighted by molar-refractivity contribution is -0.386. The van der Waals surface area contributed by atoms with Crippen LogP contribution in [0.25, 0.3) is 0 Å². The second-order valence-corrected chi connectivity index (χ2v) is 5.58. The summed E-state index contributed by atoms with van der Waals surface area (Å²) in [7, 11) is 1.20. The van der Waals surface area contributed by atoms with Gasteiger partial charge in [-0.15, -0.1) is 0 Å². The number of nitrogens with one attached hydrogen (secondary N) is 1. The van der Waals surface area contributed by atoms with Crippen LogP contribution in [0.1, 0.15) is 18.1 Å². The van der Waals surface area contributed by atoms with E-state index < -0.39 is 11.0 Å². The molecular weight excluding hydrogens is 378 g/mol. The van der Waals surface area contributed by atoms with Gasteiger partial charge in [0.05, 0.1) is 28.3 Å². The van der Waals surface area contributed by atoms with Gasteiger partial charge >= 0.3 is 6.09 Å². The molecule has 0 saturated carbocycles. The maximum atomic E-state index is 11.1. The molecule has 2 aromatic rings. The average Bonchev–Trinajstić information content (AvgIpc) is 2.67. The summed E-state index contributed by atoms with van der Waals surface area (Å²) in [5.41, 5.74) is 3.51. The number of nitro benzene ring substituents is 1. The number of methoxy groups -OCH3 is 1. The number of amides is 1. The van der Waals surface area contributed by atoms with E-state index in [1.165, 1.54) is 13.2 Å². The normalized spacial score (nSPS) is 10.9. The molecule has 10 heteroatoms. The number of carbonyl (C=O) groups excluding carboxylic acids is 1. The van der Waals surface area contributed by atoms with Gasteiger partial charge in [-0.3, -0.25) is 10.1 Å². The first-order valence-corrected chi connectivity index (χ1v) is 7.99. The number of benzene rings is 2. The van der Waals surface area contributed by atoms with Crippen LogP contribution in [-0.4, -0.2) is 23.8 Å². The number of carbonyl (C=O) groups is 1. The zero-order valence-corrected chi connectivity index (χ0v) is 15.2. The van der Waals surface area contributed by atoms with Gasteiger partial charge in [0.25, 0.3) is 5.69 Å². The van der Waals surface area contributed by atoms with Gasteiger partial charge in [0, 0.05) is 11.6 Å². The summed E-state index contributed by atoms with van der Waals surface area (Å²) < 4.78 is 4.40. The second kappa shape index (κ2) is 9.39. The molecule has 142 valence electrons. The lowest BCUT2D eigenvalue weighted by Crippen LogP contribution is -2.26. The Balaban J connectivity index is 2.07. The van der Waals surface area contributed by atoms with Crippen LogP contribution in [0.3, 0.4) is 0 Å². The fraction of sp³-hybridized carbons (Fsp3) is 0.176. The number of hydrogen-bond acceptors (Lipinski definition) is 7. The first kappa shape index (κ1) is 20.0. The van der Waals surface area contributed by atoms with E-state index in [1.807, 2.05) is 0 Å². The fourth-order valence-corrected chi connectivity index (χ4v) is 2.16. The summed E-state index contributed by atoms with van der Waals surface area (Å²) in [6.45, 7) is 1.62. The van der Waals surface area contributed by atoms with Crippen LogP contribution in [0.4, 0.5) is 10.5 Å². The molecule has 0 heterocycles.